The van der Waals surface area contributed by atoms with Crippen LogP contribution in [0.15, 0.2) is 23.1 Å². The fourth-order valence-corrected chi connectivity index (χ4v) is 2.78. The molecule has 1 rings (SSSR count). The van der Waals surface area contributed by atoms with Crippen LogP contribution in [0.1, 0.15) is 5.56 Å². The van der Waals surface area contributed by atoms with Crippen molar-refractivity contribution in [2.75, 3.05) is 40.4 Å². The van der Waals surface area contributed by atoms with E-state index in [2.05, 4.69) is 4.72 Å². The zero-order valence-electron chi connectivity index (χ0n) is 12.3. The lowest BCUT2D eigenvalue weighted by molar-refractivity contribution is 0.162. The Morgan fingerprint density at radius 3 is 2.67 bits per heavy atom. The molecule has 8 heteroatoms. The monoisotopic (exact) mass is 319 g/mol. The van der Waals surface area contributed by atoms with Crippen molar-refractivity contribution in [2.45, 2.75) is 11.4 Å². The van der Waals surface area contributed by atoms with E-state index < -0.39 is 15.8 Å². The third-order valence-electron chi connectivity index (χ3n) is 2.98. The summed E-state index contributed by atoms with van der Waals surface area (Å²) in [5.74, 6) is -0.793. The normalized spacial score (nSPS) is 12.0. The van der Waals surface area contributed by atoms with Crippen LogP contribution in [0.2, 0.25) is 0 Å². The Bertz CT molecular complexity index is 552. The maximum absolute atomic E-state index is 13.8. The van der Waals surface area contributed by atoms with Gasteiger partial charge in [0.05, 0.1) is 6.61 Å². The third kappa shape index (κ3) is 5.68. The van der Waals surface area contributed by atoms with Crippen molar-refractivity contribution in [3.63, 3.8) is 0 Å². The number of ether oxygens (including phenoxy) is 1. The van der Waals surface area contributed by atoms with Crippen LogP contribution >= 0.6 is 0 Å². The summed E-state index contributed by atoms with van der Waals surface area (Å²) in [6.45, 7) is 2.12. The number of benzene rings is 1. The number of methoxy groups -OCH3 is 1. The number of sulfonamides is 1. The molecule has 0 aromatic heterocycles. The molecule has 0 saturated carbocycles. The van der Waals surface area contributed by atoms with Gasteiger partial charge in [-0.2, -0.15) is 0 Å². The maximum atomic E-state index is 13.8. The summed E-state index contributed by atoms with van der Waals surface area (Å²) in [5, 5.41) is 0. The molecular weight excluding hydrogens is 297 g/mol. The minimum atomic E-state index is -3.86. The molecule has 0 aliphatic carbocycles. The van der Waals surface area contributed by atoms with Crippen LogP contribution in [0.25, 0.3) is 0 Å². The average molecular weight is 319 g/mol. The van der Waals surface area contributed by atoms with Gasteiger partial charge in [0.1, 0.15) is 10.7 Å². The second-order valence-corrected chi connectivity index (χ2v) is 6.40. The van der Waals surface area contributed by atoms with Gasteiger partial charge in [-0.15, -0.1) is 0 Å². The van der Waals surface area contributed by atoms with Crippen LogP contribution in [-0.2, 0) is 21.3 Å². The molecule has 0 aliphatic heterocycles. The Morgan fingerprint density at radius 1 is 1.38 bits per heavy atom. The van der Waals surface area contributed by atoms with Crippen molar-refractivity contribution in [3.8, 4) is 0 Å². The highest BCUT2D eigenvalue weighted by Gasteiger charge is 2.18. The van der Waals surface area contributed by atoms with Gasteiger partial charge in [0.25, 0.3) is 0 Å². The summed E-state index contributed by atoms with van der Waals surface area (Å²) in [7, 11) is -0.403. The molecule has 0 atom stereocenters. The van der Waals surface area contributed by atoms with Crippen LogP contribution in [-0.4, -0.2) is 53.7 Å². The summed E-state index contributed by atoms with van der Waals surface area (Å²) >= 11 is 0. The van der Waals surface area contributed by atoms with Crippen LogP contribution in [0, 0.1) is 5.82 Å². The number of likely N-dealkylation sites (N-methyl/N-ethyl adjacent to an activating group) is 1. The van der Waals surface area contributed by atoms with Gasteiger partial charge in [0.15, 0.2) is 0 Å². The number of nitrogens with two attached hydrogens (primary N) is 1. The highest BCUT2D eigenvalue weighted by molar-refractivity contribution is 7.89. The topological polar surface area (TPSA) is 84.7 Å². The van der Waals surface area contributed by atoms with Gasteiger partial charge in [0.2, 0.25) is 10.0 Å². The van der Waals surface area contributed by atoms with Gasteiger partial charge in [-0.25, -0.2) is 17.5 Å². The highest BCUT2D eigenvalue weighted by atomic mass is 32.2. The van der Waals surface area contributed by atoms with Crippen LogP contribution < -0.4 is 10.5 Å². The lowest BCUT2D eigenvalue weighted by Crippen LogP contribution is -2.34. The number of rotatable bonds is 9. The van der Waals surface area contributed by atoms with Gasteiger partial charge >= 0.3 is 0 Å². The summed E-state index contributed by atoms with van der Waals surface area (Å²) < 4.78 is 45.1. The number of nitrogens with zero attached hydrogens (tertiary/aromatic N) is 1. The van der Waals surface area contributed by atoms with Gasteiger partial charge in [-0.3, -0.25) is 0 Å². The van der Waals surface area contributed by atoms with Crippen molar-refractivity contribution in [3.05, 3.63) is 29.6 Å². The second-order valence-electron chi connectivity index (χ2n) is 4.66. The fourth-order valence-electron chi connectivity index (χ4n) is 1.70. The van der Waals surface area contributed by atoms with E-state index in [0.717, 1.165) is 6.07 Å². The molecule has 0 spiro atoms. The summed E-state index contributed by atoms with van der Waals surface area (Å²) in [6, 6.07) is 3.87. The molecule has 21 heavy (non-hydrogen) atoms. The van der Waals surface area contributed by atoms with Gasteiger partial charge < -0.3 is 15.4 Å². The summed E-state index contributed by atoms with van der Waals surface area (Å²) in [4.78, 5) is 1.55. The first-order chi connectivity index (χ1) is 9.90. The molecule has 3 N–H and O–H groups in total. The van der Waals surface area contributed by atoms with Crippen LogP contribution in [0.3, 0.4) is 0 Å². The lowest BCUT2D eigenvalue weighted by atomic mass is 10.2. The Labute approximate surface area is 125 Å². The van der Waals surface area contributed by atoms with Crippen molar-refractivity contribution in [1.29, 1.82) is 0 Å². The largest absolute Gasteiger partial charge is 0.383 e. The molecule has 1 aromatic carbocycles. The highest BCUT2D eigenvalue weighted by Crippen LogP contribution is 2.15. The van der Waals surface area contributed by atoms with E-state index in [1.54, 1.807) is 7.11 Å². The Kier molecular flexibility index (Phi) is 7.20. The Hall–Kier alpha value is -1.06. The van der Waals surface area contributed by atoms with E-state index >= 15 is 0 Å². The molecule has 0 saturated heterocycles. The first-order valence-corrected chi connectivity index (χ1v) is 8.04. The van der Waals surface area contributed by atoms with Gasteiger partial charge in [-0.1, -0.05) is 6.07 Å². The first-order valence-electron chi connectivity index (χ1n) is 6.56. The molecule has 1 aromatic rings. The third-order valence-corrected chi connectivity index (χ3v) is 4.48. The van der Waals surface area contributed by atoms with E-state index in [0.29, 0.717) is 25.3 Å². The molecule has 0 amide bonds. The van der Waals surface area contributed by atoms with E-state index in [1.165, 1.54) is 12.1 Å². The summed E-state index contributed by atoms with van der Waals surface area (Å²) in [6.07, 6.45) is 0. The number of nitrogens with one attached hydrogen (secondary N) is 1. The smallest absolute Gasteiger partial charge is 0.243 e. The molecule has 120 valence electrons. The zero-order chi connectivity index (χ0) is 15.9. The Morgan fingerprint density at radius 2 is 2.10 bits per heavy atom. The quantitative estimate of drug-likeness (QED) is 0.676. The minimum absolute atomic E-state index is 0.162. The number of halogens is 1. The van der Waals surface area contributed by atoms with E-state index in [9.17, 15) is 12.8 Å². The predicted octanol–water partition coefficient (Wildman–Crippen LogP) is 0.141. The van der Waals surface area contributed by atoms with E-state index in [1.807, 2.05) is 11.9 Å². The second kappa shape index (κ2) is 8.40. The molecule has 6 nitrogen and oxygen atoms in total. The van der Waals surface area contributed by atoms with Crippen LogP contribution in [0.4, 0.5) is 4.39 Å². The number of hydrogen-bond acceptors (Lipinski definition) is 5. The number of hydrogen-bond donors (Lipinski definition) is 2. The molecule has 0 aliphatic rings. The molecule has 0 fully saturated rings. The van der Waals surface area contributed by atoms with Gasteiger partial charge in [0, 0.05) is 33.3 Å². The lowest BCUT2D eigenvalue weighted by Gasteiger charge is -2.16. The average Bonchev–Trinajstić information content (AvgIpc) is 2.44. The van der Waals surface area contributed by atoms with Gasteiger partial charge in [-0.05, 0) is 24.7 Å². The molecule has 0 bridgehead atoms. The van der Waals surface area contributed by atoms with Crippen molar-refractivity contribution in [2.24, 2.45) is 5.73 Å². The van der Waals surface area contributed by atoms with Crippen LogP contribution in [0.5, 0.6) is 0 Å². The molecule has 0 radical (unpaired) electrons. The van der Waals surface area contributed by atoms with Crippen molar-refractivity contribution < 1.29 is 17.5 Å². The first kappa shape index (κ1) is 18.0. The van der Waals surface area contributed by atoms with Crippen molar-refractivity contribution >= 4 is 10.0 Å². The zero-order valence-corrected chi connectivity index (χ0v) is 13.1. The fraction of sp³-hybridized carbons (Fsp3) is 0.538. The predicted molar refractivity (Wildman–Crippen MR) is 78.9 cm³/mol. The summed E-state index contributed by atoms with van der Waals surface area (Å²) in [5.41, 5.74) is 5.93. The standard InChI is InChI=1S/C13H22FN3O3S/c1-17(7-8-20-2)6-5-16-21(18,19)13-4-3-11(10-15)9-12(13)14/h3-4,9,16H,5-8,10,15H2,1-2H3. The maximum Gasteiger partial charge on any atom is 0.243 e. The molecular formula is C13H22FN3O3S. The SMILES string of the molecule is COCCN(C)CCNS(=O)(=O)c1ccc(CN)cc1F. The Balaban J connectivity index is 2.61. The minimum Gasteiger partial charge on any atom is -0.383 e. The molecule has 0 unspecified atom stereocenters. The van der Waals surface area contributed by atoms with E-state index in [-0.39, 0.29) is 18.0 Å². The van der Waals surface area contributed by atoms with E-state index in [4.69, 9.17) is 10.5 Å². The molecule has 0 heterocycles. The van der Waals surface area contributed by atoms with Crippen molar-refractivity contribution in [1.82, 2.24) is 9.62 Å².